The van der Waals surface area contributed by atoms with Gasteiger partial charge in [0.05, 0.1) is 17.7 Å². The Balaban J connectivity index is 1.57. The Hall–Kier alpha value is -1.94. The van der Waals surface area contributed by atoms with Gasteiger partial charge >= 0.3 is 0 Å². The summed E-state index contributed by atoms with van der Waals surface area (Å²) in [7, 11) is 0. The molecule has 4 heteroatoms. The van der Waals surface area contributed by atoms with Crippen LogP contribution in [-0.2, 0) is 4.74 Å². The van der Waals surface area contributed by atoms with Crippen molar-refractivity contribution in [1.82, 2.24) is 10.3 Å². The monoisotopic (exact) mass is 296 g/mol. The summed E-state index contributed by atoms with van der Waals surface area (Å²) >= 11 is 0. The highest BCUT2D eigenvalue weighted by Gasteiger charge is 2.41. The first-order valence-corrected chi connectivity index (χ1v) is 8.01. The van der Waals surface area contributed by atoms with Gasteiger partial charge < -0.3 is 10.1 Å². The fourth-order valence-electron chi connectivity index (χ4n) is 3.36. The highest BCUT2D eigenvalue weighted by atomic mass is 16.5. The van der Waals surface area contributed by atoms with Crippen LogP contribution in [0.1, 0.15) is 35.3 Å². The number of hydrogen-bond acceptors (Lipinski definition) is 3. The summed E-state index contributed by atoms with van der Waals surface area (Å²) in [5.41, 5.74) is 2.45. The Kier molecular flexibility index (Phi) is 3.34. The number of para-hydroxylation sites is 1. The third-order valence-electron chi connectivity index (χ3n) is 4.69. The van der Waals surface area contributed by atoms with Gasteiger partial charge in [-0.15, -0.1) is 0 Å². The molecule has 0 radical (unpaired) electrons. The van der Waals surface area contributed by atoms with Crippen LogP contribution in [0.3, 0.4) is 0 Å². The van der Waals surface area contributed by atoms with Crippen LogP contribution in [0.2, 0.25) is 0 Å². The Labute approximate surface area is 129 Å². The lowest BCUT2D eigenvalue weighted by Crippen LogP contribution is -2.41. The Morgan fingerprint density at radius 1 is 1.27 bits per heavy atom. The second-order valence-electron chi connectivity index (χ2n) is 6.38. The molecule has 1 N–H and O–H groups in total. The lowest BCUT2D eigenvalue weighted by atomic mass is 10.1. The van der Waals surface area contributed by atoms with Crippen molar-refractivity contribution in [2.24, 2.45) is 5.92 Å². The summed E-state index contributed by atoms with van der Waals surface area (Å²) in [6.07, 6.45) is 3.55. The van der Waals surface area contributed by atoms with Crippen LogP contribution in [0, 0.1) is 12.8 Å². The third kappa shape index (κ3) is 2.48. The average molecular weight is 296 g/mol. The SMILES string of the molecule is Cc1cc(C(=O)N[C@@H]2CCO[C@H]2C2CC2)nc2ccccc12. The zero-order valence-electron chi connectivity index (χ0n) is 12.7. The molecule has 2 aliphatic rings. The van der Waals surface area contributed by atoms with Gasteiger partial charge in [0, 0.05) is 12.0 Å². The highest BCUT2D eigenvalue weighted by Crippen LogP contribution is 2.38. The molecule has 2 atom stereocenters. The van der Waals surface area contributed by atoms with Crippen molar-refractivity contribution in [2.45, 2.75) is 38.3 Å². The minimum absolute atomic E-state index is 0.0880. The molecule has 1 saturated carbocycles. The quantitative estimate of drug-likeness (QED) is 0.947. The number of carbonyl (C=O) groups is 1. The molecule has 1 aromatic carbocycles. The van der Waals surface area contributed by atoms with E-state index in [2.05, 4.69) is 10.3 Å². The number of rotatable bonds is 3. The fraction of sp³-hybridized carbons (Fsp3) is 0.444. The number of aryl methyl sites for hydroxylation is 1. The third-order valence-corrected chi connectivity index (χ3v) is 4.69. The van der Waals surface area contributed by atoms with Crippen LogP contribution < -0.4 is 5.32 Å². The van der Waals surface area contributed by atoms with Gasteiger partial charge in [0.2, 0.25) is 0 Å². The molecule has 0 unspecified atom stereocenters. The smallest absolute Gasteiger partial charge is 0.270 e. The van der Waals surface area contributed by atoms with Crippen LogP contribution in [0.15, 0.2) is 30.3 Å². The number of pyridine rings is 1. The van der Waals surface area contributed by atoms with E-state index >= 15 is 0 Å². The Morgan fingerprint density at radius 3 is 2.91 bits per heavy atom. The predicted octanol–water partition coefficient (Wildman–Crippen LogP) is 2.84. The van der Waals surface area contributed by atoms with Crippen LogP contribution in [0.4, 0.5) is 0 Å². The van der Waals surface area contributed by atoms with Crippen molar-refractivity contribution >= 4 is 16.8 Å². The van der Waals surface area contributed by atoms with Crippen molar-refractivity contribution in [3.8, 4) is 0 Å². The highest BCUT2D eigenvalue weighted by molar-refractivity contribution is 5.96. The van der Waals surface area contributed by atoms with E-state index in [1.54, 1.807) is 0 Å². The van der Waals surface area contributed by atoms with E-state index in [-0.39, 0.29) is 18.1 Å². The van der Waals surface area contributed by atoms with Gasteiger partial charge in [-0.25, -0.2) is 4.98 Å². The molecule has 1 amide bonds. The van der Waals surface area contributed by atoms with Crippen molar-refractivity contribution in [3.05, 3.63) is 41.6 Å². The molecule has 2 heterocycles. The van der Waals surface area contributed by atoms with Crippen LogP contribution >= 0.6 is 0 Å². The standard InChI is InChI=1S/C18H20N2O2/c1-11-10-16(19-14-5-3-2-4-13(11)14)18(21)20-15-8-9-22-17(15)12-6-7-12/h2-5,10,12,15,17H,6-9H2,1H3,(H,20,21)/t15-,17+/m1/s1. The summed E-state index contributed by atoms with van der Waals surface area (Å²) < 4.78 is 5.79. The van der Waals surface area contributed by atoms with Crippen LogP contribution in [-0.4, -0.2) is 29.6 Å². The van der Waals surface area contributed by atoms with E-state index in [4.69, 9.17) is 4.74 Å². The van der Waals surface area contributed by atoms with Gasteiger partial charge in [-0.2, -0.15) is 0 Å². The maximum absolute atomic E-state index is 12.6. The fourth-order valence-corrected chi connectivity index (χ4v) is 3.36. The Bertz CT molecular complexity index is 724. The van der Waals surface area contributed by atoms with E-state index in [1.807, 2.05) is 37.3 Å². The number of ether oxygens (including phenoxy) is 1. The Morgan fingerprint density at radius 2 is 2.09 bits per heavy atom. The first-order valence-electron chi connectivity index (χ1n) is 8.01. The summed E-state index contributed by atoms with van der Waals surface area (Å²) in [5.74, 6) is 0.550. The maximum Gasteiger partial charge on any atom is 0.270 e. The zero-order valence-corrected chi connectivity index (χ0v) is 12.7. The molecule has 1 aromatic heterocycles. The summed E-state index contributed by atoms with van der Waals surface area (Å²) in [6, 6.07) is 9.93. The molecule has 1 saturated heterocycles. The zero-order chi connectivity index (χ0) is 15.1. The molecule has 4 nitrogen and oxygen atoms in total. The number of nitrogens with zero attached hydrogens (tertiary/aromatic N) is 1. The summed E-state index contributed by atoms with van der Waals surface area (Å²) in [4.78, 5) is 17.1. The second kappa shape index (κ2) is 5.36. The van der Waals surface area contributed by atoms with E-state index in [9.17, 15) is 4.79 Å². The first kappa shape index (κ1) is 13.7. The van der Waals surface area contributed by atoms with Crippen LogP contribution in [0.25, 0.3) is 10.9 Å². The van der Waals surface area contributed by atoms with E-state index in [1.165, 1.54) is 12.8 Å². The van der Waals surface area contributed by atoms with Crippen molar-refractivity contribution in [3.63, 3.8) is 0 Å². The van der Waals surface area contributed by atoms with Crippen molar-refractivity contribution < 1.29 is 9.53 Å². The normalized spacial score (nSPS) is 24.6. The van der Waals surface area contributed by atoms with Gasteiger partial charge in [0.1, 0.15) is 5.69 Å². The average Bonchev–Trinajstić information content (AvgIpc) is 3.27. The van der Waals surface area contributed by atoms with E-state index < -0.39 is 0 Å². The number of aromatic nitrogens is 1. The van der Waals surface area contributed by atoms with E-state index in [0.29, 0.717) is 11.6 Å². The molecule has 2 fully saturated rings. The lowest BCUT2D eigenvalue weighted by molar-refractivity contribution is 0.0727. The number of amides is 1. The number of hydrogen-bond donors (Lipinski definition) is 1. The number of benzene rings is 1. The molecular formula is C18H20N2O2. The van der Waals surface area contributed by atoms with Gasteiger partial charge in [0.15, 0.2) is 0 Å². The van der Waals surface area contributed by atoms with Gasteiger partial charge in [0.25, 0.3) is 5.91 Å². The molecule has 0 bridgehead atoms. The van der Waals surface area contributed by atoms with Gasteiger partial charge in [-0.3, -0.25) is 4.79 Å². The van der Waals surface area contributed by atoms with Crippen molar-refractivity contribution in [2.75, 3.05) is 6.61 Å². The topological polar surface area (TPSA) is 51.2 Å². The number of nitrogens with one attached hydrogen (secondary N) is 1. The van der Waals surface area contributed by atoms with E-state index in [0.717, 1.165) is 29.5 Å². The molecule has 114 valence electrons. The van der Waals surface area contributed by atoms with Gasteiger partial charge in [-0.1, -0.05) is 18.2 Å². The molecule has 1 aliphatic carbocycles. The summed E-state index contributed by atoms with van der Waals surface area (Å²) in [6.45, 7) is 2.77. The number of fused-ring (bicyclic) bond motifs is 1. The predicted molar refractivity (Wildman–Crippen MR) is 84.8 cm³/mol. The maximum atomic E-state index is 12.6. The molecule has 1 aliphatic heterocycles. The molecular weight excluding hydrogens is 276 g/mol. The number of carbonyl (C=O) groups excluding carboxylic acids is 1. The molecule has 22 heavy (non-hydrogen) atoms. The van der Waals surface area contributed by atoms with Gasteiger partial charge in [-0.05, 0) is 49.8 Å². The second-order valence-corrected chi connectivity index (χ2v) is 6.38. The molecule has 4 rings (SSSR count). The first-order chi connectivity index (χ1) is 10.7. The summed E-state index contributed by atoms with van der Waals surface area (Å²) in [5, 5.41) is 4.23. The minimum atomic E-state index is -0.0880. The minimum Gasteiger partial charge on any atom is -0.376 e. The van der Waals surface area contributed by atoms with Crippen LogP contribution in [0.5, 0.6) is 0 Å². The molecule has 0 spiro atoms. The molecule has 2 aromatic rings. The lowest BCUT2D eigenvalue weighted by Gasteiger charge is -2.19. The van der Waals surface area contributed by atoms with Crippen molar-refractivity contribution in [1.29, 1.82) is 0 Å². The largest absolute Gasteiger partial charge is 0.376 e.